The van der Waals surface area contributed by atoms with Gasteiger partial charge in [0.2, 0.25) is 0 Å². The number of nitrogens with one attached hydrogen (secondary N) is 1. The van der Waals surface area contributed by atoms with Gasteiger partial charge in [-0.25, -0.2) is 4.98 Å². The standard InChI is InChI=1S/C9H14N4S/c1-13-6-8(12-7-13)2-3-10-9-11-4-5-14-9/h6-7H,2-5H2,1H3,(H,10,11). The molecule has 0 unspecified atom stereocenters. The van der Waals surface area contributed by atoms with Crippen molar-refractivity contribution >= 4 is 16.9 Å². The molecule has 0 saturated heterocycles. The van der Waals surface area contributed by atoms with Crippen molar-refractivity contribution in [2.45, 2.75) is 6.42 Å². The number of aryl methyl sites for hydroxylation is 1. The number of hydrogen-bond donors (Lipinski definition) is 1. The number of thioether (sulfide) groups is 1. The van der Waals surface area contributed by atoms with Gasteiger partial charge in [-0.05, 0) is 0 Å². The third-order valence-electron chi connectivity index (χ3n) is 2.00. The van der Waals surface area contributed by atoms with E-state index >= 15 is 0 Å². The maximum absolute atomic E-state index is 4.31. The Morgan fingerprint density at radius 1 is 1.64 bits per heavy atom. The second-order valence-electron chi connectivity index (χ2n) is 3.24. The van der Waals surface area contributed by atoms with Crippen LogP contribution in [0.4, 0.5) is 0 Å². The first-order chi connectivity index (χ1) is 6.84. The first-order valence-electron chi connectivity index (χ1n) is 4.72. The van der Waals surface area contributed by atoms with Gasteiger partial charge in [0.05, 0.1) is 18.6 Å². The topological polar surface area (TPSA) is 42.2 Å². The molecule has 0 amide bonds. The van der Waals surface area contributed by atoms with E-state index in [-0.39, 0.29) is 0 Å². The van der Waals surface area contributed by atoms with Crippen LogP contribution in [-0.4, -0.2) is 33.6 Å². The Kier molecular flexibility index (Phi) is 3.08. The van der Waals surface area contributed by atoms with Gasteiger partial charge in [-0.2, -0.15) is 0 Å². The molecule has 2 rings (SSSR count). The van der Waals surface area contributed by atoms with E-state index in [0.29, 0.717) is 0 Å². The third kappa shape index (κ3) is 2.51. The van der Waals surface area contributed by atoms with Crippen LogP contribution in [0.15, 0.2) is 17.5 Å². The largest absolute Gasteiger partial charge is 0.365 e. The number of amidine groups is 1. The van der Waals surface area contributed by atoms with Crippen molar-refractivity contribution in [3.63, 3.8) is 0 Å². The van der Waals surface area contributed by atoms with Crippen molar-refractivity contribution < 1.29 is 0 Å². The van der Waals surface area contributed by atoms with Crippen LogP contribution in [0.3, 0.4) is 0 Å². The van der Waals surface area contributed by atoms with Crippen LogP contribution in [0.5, 0.6) is 0 Å². The van der Waals surface area contributed by atoms with Gasteiger partial charge < -0.3 is 9.88 Å². The smallest absolute Gasteiger partial charge is 0.156 e. The Morgan fingerprint density at radius 2 is 2.57 bits per heavy atom. The minimum absolute atomic E-state index is 0.919. The Bertz CT molecular complexity index is 331. The number of aromatic nitrogens is 2. The average molecular weight is 210 g/mol. The summed E-state index contributed by atoms with van der Waals surface area (Å²) < 4.78 is 1.97. The Labute approximate surface area is 87.8 Å². The molecule has 0 saturated carbocycles. The van der Waals surface area contributed by atoms with E-state index < -0.39 is 0 Å². The van der Waals surface area contributed by atoms with Crippen LogP contribution in [0, 0.1) is 0 Å². The lowest BCUT2D eigenvalue weighted by atomic mass is 10.3. The maximum atomic E-state index is 4.31. The van der Waals surface area contributed by atoms with Gasteiger partial charge >= 0.3 is 0 Å². The van der Waals surface area contributed by atoms with Gasteiger partial charge in [0.15, 0.2) is 5.17 Å². The molecule has 1 aromatic heterocycles. The second kappa shape index (κ2) is 4.50. The number of rotatable bonds is 3. The van der Waals surface area contributed by atoms with Crippen LogP contribution in [0.25, 0.3) is 0 Å². The molecule has 4 nitrogen and oxygen atoms in total. The van der Waals surface area contributed by atoms with Crippen LogP contribution in [-0.2, 0) is 13.5 Å². The van der Waals surface area contributed by atoms with Crippen LogP contribution in [0.1, 0.15) is 5.69 Å². The zero-order valence-electron chi connectivity index (χ0n) is 8.23. The van der Waals surface area contributed by atoms with Crippen LogP contribution in [0.2, 0.25) is 0 Å². The van der Waals surface area contributed by atoms with Crippen molar-refractivity contribution in [1.82, 2.24) is 14.9 Å². The van der Waals surface area contributed by atoms with E-state index in [2.05, 4.69) is 15.3 Å². The molecular weight excluding hydrogens is 196 g/mol. The first kappa shape index (κ1) is 9.58. The molecule has 0 spiro atoms. The summed E-state index contributed by atoms with van der Waals surface area (Å²) in [5, 5.41) is 4.39. The van der Waals surface area contributed by atoms with Gasteiger partial charge in [-0.1, -0.05) is 11.8 Å². The predicted octanol–water partition coefficient (Wildman–Crippen LogP) is 0.655. The summed E-state index contributed by atoms with van der Waals surface area (Å²) in [7, 11) is 1.99. The molecule has 0 bridgehead atoms. The van der Waals surface area contributed by atoms with Crippen molar-refractivity contribution in [2.24, 2.45) is 12.0 Å². The predicted molar refractivity (Wildman–Crippen MR) is 59.7 cm³/mol. The highest BCUT2D eigenvalue weighted by molar-refractivity contribution is 8.14. The van der Waals surface area contributed by atoms with Crippen molar-refractivity contribution in [3.05, 3.63) is 18.2 Å². The highest BCUT2D eigenvalue weighted by Gasteiger charge is 2.05. The molecular formula is C9H14N4S. The zero-order valence-corrected chi connectivity index (χ0v) is 9.05. The maximum Gasteiger partial charge on any atom is 0.156 e. The van der Waals surface area contributed by atoms with Crippen molar-refractivity contribution in [1.29, 1.82) is 0 Å². The first-order valence-corrected chi connectivity index (χ1v) is 5.71. The summed E-state index contributed by atoms with van der Waals surface area (Å²) in [4.78, 5) is 8.57. The fraction of sp³-hybridized carbons (Fsp3) is 0.556. The number of hydrogen-bond acceptors (Lipinski definition) is 4. The third-order valence-corrected chi connectivity index (χ3v) is 2.93. The molecule has 76 valence electrons. The molecule has 0 radical (unpaired) electrons. The summed E-state index contributed by atoms with van der Waals surface area (Å²) in [5.74, 6) is 1.12. The summed E-state index contributed by atoms with van der Waals surface area (Å²) in [6.07, 6.45) is 4.84. The summed E-state index contributed by atoms with van der Waals surface area (Å²) >= 11 is 1.80. The normalized spacial score (nSPS) is 15.6. The molecule has 14 heavy (non-hydrogen) atoms. The number of imidazole rings is 1. The molecule has 1 N–H and O–H groups in total. The Hall–Kier alpha value is -0.970. The van der Waals surface area contributed by atoms with E-state index in [4.69, 9.17) is 0 Å². The average Bonchev–Trinajstić information content (AvgIpc) is 2.77. The van der Waals surface area contributed by atoms with Gasteiger partial charge in [-0.3, -0.25) is 4.99 Å². The number of nitrogens with zero attached hydrogens (tertiary/aromatic N) is 3. The monoisotopic (exact) mass is 210 g/mol. The highest BCUT2D eigenvalue weighted by Crippen LogP contribution is 2.08. The van der Waals surface area contributed by atoms with Crippen molar-refractivity contribution in [2.75, 3.05) is 18.8 Å². The fourth-order valence-electron chi connectivity index (χ4n) is 1.34. The van der Waals surface area contributed by atoms with Crippen LogP contribution < -0.4 is 5.32 Å². The molecule has 5 heteroatoms. The molecule has 2 heterocycles. The van der Waals surface area contributed by atoms with Gasteiger partial charge in [0.1, 0.15) is 0 Å². The SMILES string of the molecule is Cn1cnc(CCNC2=NCCS2)c1. The van der Waals surface area contributed by atoms with Gasteiger partial charge in [0, 0.05) is 32.0 Å². The quantitative estimate of drug-likeness (QED) is 0.796. The second-order valence-corrected chi connectivity index (χ2v) is 4.33. The lowest BCUT2D eigenvalue weighted by molar-refractivity contribution is 0.850. The van der Waals surface area contributed by atoms with Crippen molar-refractivity contribution in [3.8, 4) is 0 Å². The molecule has 1 aliphatic heterocycles. The van der Waals surface area contributed by atoms with Crippen LogP contribution >= 0.6 is 11.8 Å². The molecule has 1 aliphatic rings. The lowest BCUT2D eigenvalue weighted by Gasteiger charge is -2.02. The summed E-state index contributed by atoms with van der Waals surface area (Å²) in [5.41, 5.74) is 1.13. The van der Waals surface area contributed by atoms with E-state index in [9.17, 15) is 0 Å². The fourth-order valence-corrected chi connectivity index (χ4v) is 2.10. The number of aliphatic imine (C=N–C) groups is 1. The van der Waals surface area contributed by atoms with Gasteiger partial charge in [0.25, 0.3) is 0 Å². The molecule has 1 aromatic rings. The summed E-state index contributed by atoms with van der Waals surface area (Å²) in [6.45, 7) is 1.87. The molecule has 0 aliphatic carbocycles. The highest BCUT2D eigenvalue weighted by atomic mass is 32.2. The van der Waals surface area contributed by atoms with Gasteiger partial charge in [-0.15, -0.1) is 0 Å². The minimum Gasteiger partial charge on any atom is -0.365 e. The van der Waals surface area contributed by atoms with E-state index in [1.165, 1.54) is 0 Å². The van der Waals surface area contributed by atoms with E-state index in [1.807, 2.05) is 24.1 Å². The molecule has 0 atom stereocenters. The Balaban J connectivity index is 1.72. The summed E-state index contributed by atoms with van der Waals surface area (Å²) in [6, 6.07) is 0. The lowest BCUT2D eigenvalue weighted by Crippen LogP contribution is -2.21. The zero-order chi connectivity index (χ0) is 9.80. The van der Waals surface area contributed by atoms with E-state index in [1.54, 1.807) is 11.8 Å². The molecule has 0 fully saturated rings. The molecule has 0 aromatic carbocycles. The van der Waals surface area contributed by atoms with E-state index in [0.717, 1.165) is 36.1 Å². The minimum atomic E-state index is 0.919. The Morgan fingerprint density at radius 3 is 3.21 bits per heavy atom.